The Morgan fingerprint density at radius 1 is 1.67 bits per heavy atom. The number of hydrogen-bond donors (Lipinski definition) is 1. The fourth-order valence-electron chi connectivity index (χ4n) is 1.47. The molecule has 1 aromatic rings. The lowest BCUT2D eigenvalue weighted by Gasteiger charge is -2.19. The van der Waals surface area contributed by atoms with Crippen LogP contribution in [0.25, 0.3) is 0 Å². The van der Waals surface area contributed by atoms with Gasteiger partial charge in [0, 0.05) is 18.1 Å². The van der Waals surface area contributed by atoms with Gasteiger partial charge in [0.05, 0.1) is 23.2 Å². The molecule has 0 heterocycles. The summed E-state index contributed by atoms with van der Waals surface area (Å²) >= 11 is 3.13. The van der Waals surface area contributed by atoms with Gasteiger partial charge in [-0.2, -0.15) is 5.26 Å². The van der Waals surface area contributed by atoms with Crippen molar-refractivity contribution in [2.75, 3.05) is 19.3 Å². The number of benzene rings is 1. The molecule has 18 heavy (non-hydrogen) atoms. The van der Waals surface area contributed by atoms with Gasteiger partial charge in [0.1, 0.15) is 5.82 Å². The molecule has 0 aromatic heterocycles. The number of carbonyl (C=O) groups excluding carboxylic acids is 1. The van der Waals surface area contributed by atoms with Gasteiger partial charge in [-0.05, 0) is 35.0 Å². The van der Waals surface area contributed by atoms with E-state index in [1.807, 2.05) is 6.07 Å². The first-order valence-electron chi connectivity index (χ1n) is 5.26. The second-order valence-electron chi connectivity index (χ2n) is 4.07. The average Bonchev–Trinajstić information content (AvgIpc) is 2.32. The van der Waals surface area contributed by atoms with Crippen LogP contribution in [0.1, 0.15) is 17.3 Å². The van der Waals surface area contributed by atoms with Crippen LogP contribution in [0, 0.1) is 23.1 Å². The number of hydrogen-bond acceptors (Lipinski definition) is 3. The molecule has 2 N–H and O–H groups in total. The number of nitriles is 1. The van der Waals surface area contributed by atoms with Crippen LogP contribution in [0.2, 0.25) is 0 Å². The number of nitrogen functional groups attached to an aromatic ring is 1. The SMILES string of the molecule is CC(C#N)CN(C)C(=O)c1cc(N)c(F)cc1Br. The van der Waals surface area contributed by atoms with Crippen LogP contribution in [0.3, 0.4) is 0 Å². The second kappa shape index (κ2) is 5.83. The summed E-state index contributed by atoms with van der Waals surface area (Å²) in [6.07, 6.45) is 0. The minimum atomic E-state index is -0.577. The predicted octanol–water partition coefficient (Wildman–Crippen LogP) is 2.40. The molecule has 1 amide bonds. The molecule has 96 valence electrons. The maximum atomic E-state index is 13.2. The number of rotatable bonds is 3. The van der Waals surface area contributed by atoms with Crippen molar-refractivity contribution in [2.24, 2.45) is 5.92 Å². The fourth-order valence-corrected chi connectivity index (χ4v) is 1.95. The summed E-state index contributed by atoms with van der Waals surface area (Å²) < 4.78 is 13.5. The number of nitrogens with two attached hydrogens (primary N) is 1. The van der Waals surface area contributed by atoms with E-state index < -0.39 is 5.82 Å². The minimum absolute atomic E-state index is 0.0803. The molecule has 0 spiro atoms. The van der Waals surface area contributed by atoms with E-state index in [0.717, 1.165) is 6.07 Å². The second-order valence-corrected chi connectivity index (χ2v) is 4.92. The first-order chi connectivity index (χ1) is 8.36. The summed E-state index contributed by atoms with van der Waals surface area (Å²) in [5.74, 6) is -1.15. The molecule has 0 saturated carbocycles. The quantitative estimate of drug-likeness (QED) is 0.871. The standard InChI is InChI=1S/C12H13BrFN3O/c1-7(5-15)6-17(2)12(18)8-3-11(16)10(14)4-9(8)13/h3-4,7H,6,16H2,1-2H3. The molecule has 0 radical (unpaired) electrons. The molecule has 0 bridgehead atoms. The summed E-state index contributed by atoms with van der Waals surface area (Å²) in [6, 6.07) is 4.49. The first kappa shape index (κ1) is 14.5. The third kappa shape index (κ3) is 3.20. The molecule has 1 atom stereocenters. The van der Waals surface area contributed by atoms with Crippen molar-refractivity contribution in [1.29, 1.82) is 5.26 Å². The van der Waals surface area contributed by atoms with Crippen LogP contribution in [-0.4, -0.2) is 24.4 Å². The van der Waals surface area contributed by atoms with Gasteiger partial charge in [-0.3, -0.25) is 4.79 Å². The largest absolute Gasteiger partial charge is 0.396 e. The normalized spacial score (nSPS) is 11.7. The lowest BCUT2D eigenvalue weighted by Crippen LogP contribution is -2.31. The topological polar surface area (TPSA) is 70.1 Å². The van der Waals surface area contributed by atoms with Gasteiger partial charge < -0.3 is 10.6 Å². The third-order valence-corrected chi connectivity index (χ3v) is 3.09. The summed E-state index contributed by atoms with van der Waals surface area (Å²) in [5, 5.41) is 8.70. The Bertz CT molecular complexity index is 513. The van der Waals surface area contributed by atoms with Crippen molar-refractivity contribution < 1.29 is 9.18 Å². The van der Waals surface area contributed by atoms with Gasteiger partial charge >= 0.3 is 0 Å². The minimum Gasteiger partial charge on any atom is -0.396 e. The van der Waals surface area contributed by atoms with Crippen LogP contribution in [0.4, 0.5) is 10.1 Å². The zero-order chi connectivity index (χ0) is 13.9. The molecular formula is C12H13BrFN3O. The molecule has 0 aliphatic rings. The number of carbonyl (C=O) groups is 1. The van der Waals surface area contributed by atoms with Crippen LogP contribution < -0.4 is 5.73 Å². The Labute approximate surface area is 113 Å². The van der Waals surface area contributed by atoms with Gasteiger partial charge in [0.2, 0.25) is 0 Å². The molecule has 0 saturated heterocycles. The van der Waals surface area contributed by atoms with Gasteiger partial charge in [0.25, 0.3) is 5.91 Å². The lowest BCUT2D eigenvalue weighted by atomic mass is 10.1. The van der Waals surface area contributed by atoms with E-state index in [1.54, 1.807) is 14.0 Å². The van der Waals surface area contributed by atoms with Crippen LogP contribution >= 0.6 is 15.9 Å². The van der Waals surface area contributed by atoms with Crippen LogP contribution in [0.15, 0.2) is 16.6 Å². The van der Waals surface area contributed by atoms with Crippen molar-refractivity contribution >= 4 is 27.5 Å². The van der Waals surface area contributed by atoms with E-state index in [1.165, 1.54) is 11.0 Å². The molecule has 0 aliphatic heterocycles. The van der Waals surface area contributed by atoms with Crippen LogP contribution in [-0.2, 0) is 0 Å². The maximum Gasteiger partial charge on any atom is 0.254 e. The van der Waals surface area contributed by atoms with Gasteiger partial charge in [-0.25, -0.2) is 4.39 Å². The van der Waals surface area contributed by atoms with Gasteiger partial charge in [-0.15, -0.1) is 0 Å². The maximum absolute atomic E-state index is 13.2. The molecule has 1 unspecified atom stereocenters. The van der Waals surface area contributed by atoms with Crippen molar-refractivity contribution in [2.45, 2.75) is 6.92 Å². The molecule has 6 heteroatoms. The summed E-state index contributed by atoms with van der Waals surface area (Å²) in [6.45, 7) is 2.02. The molecule has 1 rings (SSSR count). The van der Waals surface area contributed by atoms with E-state index in [2.05, 4.69) is 15.9 Å². The van der Waals surface area contributed by atoms with E-state index in [-0.39, 0.29) is 23.1 Å². The fraction of sp³-hybridized carbons (Fsp3) is 0.333. The highest BCUT2D eigenvalue weighted by Gasteiger charge is 2.18. The Morgan fingerprint density at radius 3 is 2.83 bits per heavy atom. The highest BCUT2D eigenvalue weighted by atomic mass is 79.9. The summed E-state index contributed by atoms with van der Waals surface area (Å²) in [5.41, 5.74) is 5.63. The number of halogens is 2. The molecule has 4 nitrogen and oxygen atoms in total. The zero-order valence-corrected chi connectivity index (χ0v) is 11.7. The zero-order valence-electron chi connectivity index (χ0n) is 10.1. The number of anilines is 1. The Kier molecular flexibility index (Phi) is 4.68. The number of nitrogens with zero attached hydrogens (tertiary/aromatic N) is 2. The average molecular weight is 314 g/mol. The molecule has 0 aliphatic carbocycles. The van der Waals surface area contributed by atoms with Gasteiger partial charge in [0.15, 0.2) is 0 Å². The summed E-state index contributed by atoms with van der Waals surface area (Å²) in [4.78, 5) is 13.5. The molecule has 0 fully saturated rings. The van der Waals surface area contributed by atoms with E-state index in [4.69, 9.17) is 11.0 Å². The van der Waals surface area contributed by atoms with E-state index in [0.29, 0.717) is 11.0 Å². The highest BCUT2D eigenvalue weighted by Crippen LogP contribution is 2.24. The van der Waals surface area contributed by atoms with Gasteiger partial charge in [-0.1, -0.05) is 0 Å². The predicted molar refractivity (Wildman–Crippen MR) is 70.2 cm³/mol. The van der Waals surface area contributed by atoms with Crippen molar-refractivity contribution in [3.63, 3.8) is 0 Å². The number of amides is 1. The molecular weight excluding hydrogens is 301 g/mol. The van der Waals surface area contributed by atoms with Crippen LogP contribution in [0.5, 0.6) is 0 Å². The summed E-state index contributed by atoms with van der Waals surface area (Å²) in [7, 11) is 1.59. The van der Waals surface area contributed by atoms with Crippen molar-refractivity contribution in [1.82, 2.24) is 4.90 Å². The van der Waals surface area contributed by atoms with Crippen molar-refractivity contribution in [3.8, 4) is 6.07 Å². The Balaban J connectivity index is 2.98. The smallest absolute Gasteiger partial charge is 0.254 e. The Morgan fingerprint density at radius 2 is 2.28 bits per heavy atom. The Hall–Kier alpha value is -1.61. The first-order valence-corrected chi connectivity index (χ1v) is 6.05. The monoisotopic (exact) mass is 313 g/mol. The van der Waals surface area contributed by atoms with Crippen molar-refractivity contribution in [3.05, 3.63) is 28.0 Å². The van der Waals surface area contributed by atoms with E-state index in [9.17, 15) is 9.18 Å². The highest BCUT2D eigenvalue weighted by molar-refractivity contribution is 9.10. The molecule has 1 aromatic carbocycles. The van der Waals surface area contributed by atoms with E-state index >= 15 is 0 Å². The lowest BCUT2D eigenvalue weighted by molar-refractivity contribution is 0.0784. The third-order valence-electron chi connectivity index (χ3n) is 2.43.